The van der Waals surface area contributed by atoms with E-state index in [0.717, 1.165) is 38.4 Å². The van der Waals surface area contributed by atoms with Crippen LogP contribution >= 0.6 is 0 Å². The van der Waals surface area contributed by atoms with Crippen molar-refractivity contribution in [2.75, 3.05) is 40.3 Å². The predicted octanol–water partition coefficient (Wildman–Crippen LogP) is 2.02. The second-order valence-corrected chi connectivity index (χ2v) is 5.33. The van der Waals surface area contributed by atoms with Crippen molar-refractivity contribution in [2.24, 2.45) is 4.99 Å². The predicted molar refractivity (Wildman–Crippen MR) is 81.9 cm³/mol. The first-order valence-corrected chi connectivity index (χ1v) is 7.29. The third-order valence-electron chi connectivity index (χ3n) is 3.46. The lowest BCUT2D eigenvalue weighted by Gasteiger charge is -2.36. The van der Waals surface area contributed by atoms with Gasteiger partial charge in [-0.2, -0.15) is 0 Å². The van der Waals surface area contributed by atoms with E-state index in [9.17, 15) is 0 Å². The topological polar surface area (TPSA) is 28.1 Å². The Kier molecular flexibility index (Phi) is 7.10. The van der Waals surface area contributed by atoms with Crippen molar-refractivity contribution in [1.29, 1.82) is 0 Å². The third kappa shape index (κ3) is 5.74. The van der Waals surface area contributed by atoms with Crippen LogP contribution in [0.5, 0.6) is 0 Å². The minimum Gasteiger partial charge on any atom is -0.372 e. The van der Waals surface area contributed by atoms with Crippen LogP contribution < -0.4 is 0 Å². The monoisotopic (exact) mass is 267 g/mol. The van der Waals surface area contributed by atoms with Gasteiger partial charge in [0.2, 0.25) is 0 Å². The molecule has 2 unspecified atom stereocenters. The molecule has 1 aliphatic rings. The average Bonchev–Trinajstić information content (AvgIpc) is 2.37. The van der Waals surface area contributed by atoms with E-state index in [-0.39, 0.29) is 12.2 Å². The number of amidine groups is 1. The molecule has 0 spiro atoms. The van der Waals surface area contributed by atoms with Gasteiger partial charge < -0.3 is 14.5 Å². The molecule has 2 atom stereocenters. The highest BCUT2D eigenvalue weighted by Crippen LogP contribution is 2.11. The molecule has 0 N–H and O–H groups in total. The van der Waals surface area contributed by atoms with Crippen molar-refractivity contribution in [1.82, 2.24) is 9.80 Å². The Morgan fingerprint density at radius 2 is 2.00 bits per heavy atom. The second kappa shape index (κ2) is 8.33. The Morgan fingerprint density at radius 1 is 1.37 bits per heavy atom. The van der Waals surface area contributed by atoms with E-state index < -0.39 is 0 Å². The largest absolute Gasteiger partial charge is 0.372 e. The molecule has 0 aromatic carbocycles. The molecule has 0 amide bonds. The Balaban J connectivity index is 2.47. The molecule has 1 rings (SSSR count). The fourth-order valence-corrected chi connectivity index (χ4v) is 2.33. The van der Waals surface area contributed by atoms with Crippen molar-refractivity contribution < 1.29 is 4.74 Å². The van der Waals surface area contributed by atoms with E-state index >= 15 is 0 Å². The van der Waals surface area contributed by atoms with E-state index in [1.165, 1.54) is 0 Å². The number of aliphatic imine (C=N–C) groups is 1. The summed E-state index contributed by atoms with van der Waals surface area (Å²) in [7, 11) is 4.01. The molecule has 0 aliphatic carbocycles. The van der Waals surface area contributed by atoms with Crippen LogP contribution in [-0.4, -0.2) is 68.1 Å². The van der Waals surface area contributed by atoms with E-state index in [1.807, 2.05) is 7.05 Å². The van der Waals surface area contributed by atoms with Crippen LogP contribution in [0.3, 0.4) is 0 Å². The summed E-state index contributed by atoms with van der Waals surface area (Å²) in [5.74, 6) is 1.07. The first-order chi connectivity index (χ1) is 9.06. The zero-order chi connectivity index (χ0) is 14.3. The SMILES string of the molecule is CCN(C)CCC=CC(=NC)N1CC(C)OC(C)C1. The Hall–Kier alpha value is -0.870. The molecule has 4 heteroatoms. The highest BCUT2D eigenvalue weighted by atomic mass is 16.5. The highest BCUT2D eigenvalue weighted by molar-refractivity contribution is 5.92. The van der Waals surface area contributed by atoms with Crippen LogP contribution in [0.15, 0.2) is 17.1 Å². The smallest absolute Gasteiger partial charge is 0.123 e. The molecule has 0 aromatic rings. The van der Waals surface area contributed by atoms with Gasteiger partial charge in [-0.05, 0) is 39.9 Å². The molecule has 0 saturated carbocycles. The van der Waals surface area contributed by atoms with Gasteiger partial charge in [0.25, 0.3) is 0 Å². The number of morpholine rings is 1. The summed E-state index contributed by atoms with van der Waals surface area (Å²) in [5.41, 5.74) is 0. The lowest BCUT2D eigenvalue weighted by molar-refractivity contribution is -0.0477. The maximum absolute atomic E-state index is 5.76. The first-order valence-electron chi connectivity index (χ1n) is 7.29. The van der Waals surface area contributed by atoms with Gasteiger partial charge in [-0.1, -0.05) is 13.0 Å². The van der Waals surface area contributed by atoms with Crippen LogP contribution in [0, 0.1) is 0 Å². The standard InChI is InChI=1S/C15H29N3O/c1-6-17(5)10-8-7-9-15(16-4)18-11-13(2)19-14(3)12-18/h7,9,13-14H,6,8,10-12H2,1-5H3. The van der Waals surface area contributed by atoms with Gasteiger partial charge in [0.15, 0.2) is 0 Å². The van der Waals surface area contributed by atoms with Crippen LogP contribution in [0.25, 0.3) is 0 Å². The molecule has 4 nitrogen and oxygen atoms in total. The number of nitrogens with zero attached hydrogens (tertiary/aromatic N) is 3. The minimum atomic E-state index is 0.278. The number of hydrogen-bond donors (Lipinski definition) is 0. The lowest BCUT2D eigenvalue weighted by Crippen LogP contribution is -2.47. The zero-order valence-electron chi connectivity index (χ0n) is 13.1. The van der Waals surface area contributed by atoms with Crippen molar-refractivity contribution in [3.05, 3.63) is 12.2 Å². The van der Waals surface area contributed by atoms with Crippen molar-refractivity contribution >= 4 is 5.84 Å². The number of hydrogen-bond acceptors (Lipinski definition) is 3. The Bertz CT molecular complexity index is 305. The minimum absolute atomic E-state index is 0.278. The molecule has 0 aromatic heterocycles. The van der Waals surface area contributed by atoms with Gasteiger partial charge in [-0.3, -0.25) is 4.99 Å². The van der Waals surface area contributed by atoms with Gasteiger partial charge in [-0.25, -0.2) is 0 Å². The van der Waals surface area contributed by atoms with Gasteiger partial charge >= 0.3 is 0 Å². The van der Waals surface area contributed by atoms with Gasteiger partial charge in [0, 0.05) is 26.7 Å². The molecular formula is C15H29N3O. The summed E-state index contributed by atoms with van der Waals surface area (Å²) < 4.78 is 5.76. The summed E-state index contributed by atoms with van der Waals surface area (Å²) in [5, 5.41) is 0. The molecule has 110 valence electrons. The first kappa shape index (κ1) is 16.2. The van der Waals surface area contributed by atoms with E-state index in [2.05, 4.69) is 54.8 Å². The van der Waals surface area contributed by atoms with Crippen molar-refractivity contribution in [2.45, 2.75) is 39.4 Å². The summed E-state index contributed by atoms with van der Waals surface area (Å²) in [6.45, 7) is 10.5. The highest BCUT2D eigenvalue weighted by Gasteiger charge is 2.23. The third-order valence-corrected chi connectivity index (χ3v) is 3.46. The Morgan fingerprint density at radius 3 is 2.53 bits per heavy atom. The molecule has 19 heavy (non-hydrogen) atoms. The molecular weight excluding hydrogens is 238 g/mol. The Labute approximate surface area is 118 Å². The van der Waals surface area contributed by atoms with Gasteiger partial charge in [0.1, 0.15) is 5.84 Å². The van der Waals surface area contributed by atoms with Gasteiger partial charge in [0.05, 0.1) is 12.2 Å². The van der Waals surface area contributed by atoms with E-state index in [4.69, 9.17) is 4.74 Å². The van der Waals surface area contributed by atoms with Crippen LogP contribution in [0.1, 0.15) is 27.2 Å². The molecule has 0 bridgehead atoms. The van der Waals surface area contributed by atoms with Crippen molar-refractivity contribution in [3.8, 4) is 0 Å². The second-order valence-electron chi connectivity index (χ2n) is 5.33. The van der Waals surface area contributed by atoms with Gasteiger partial charge in [-0.15, -0.1) is 0 Å². The lowest BCUT2D eigenvalue weighted by atomic mass is 10.2. The summed E-state index contributed by atoms with van der Waals surface area (Å²) in [6.07, 6.45) is 5.99. The number of rotatable bonds is 5. The number of ether oxygens (including phenoxy) is 1. The fourth-order valence-electron chi connectivity index (χ4n) is 2.33. The quantitative estimate of drug-likeness (QED) is 0.563. The normalized spacial score (nSPS) is 25.6. The van der Waals surface area contributed by atoms with E-state index in [0.29, 0.717) is 0 Å². The molecule has 1 saturated heterocycles. The fraction of sp³-hybridized carbons (Fsp3) is 0.800. The maximum Gasteiger partial charge on any atom is 0.123 e. The average molecular weight is 267 g/mol. The maximum atomic E-state index is 5.76. The molecule has 1 fully saturated rings. The summed E-state index contributed by atoms with van der Waals surface area (Å²) in [6, 6.07) is 0. The van der Waals surface area contributed by atoms with Crippen LogP contribution in [0.4, 0.5) is 0 Å². The molecule has 1 aliphatic heterocycles. The summed E-state index contributed by atoms with van der Waals surface area (Å²) >= 11 is 0. The zero-order valence-corrected chi connectivity index (χ0v) is 13.1. The van der Waals surface area contributed by atoms with Crippen molar-refractivity contribution in [3.63, 3.8) is 0 Å². The van der Waals surface area contributed by atoms with E-state index in [1.54, 1.807) is 0 Å². The van der Waals surface area contributed by atoms with Crippen LogP contribution in [0.2, 0.25) is 0 Å². The van der Waals surface area contributed by atoms with Crippen LogP contribution in [-0.2, 0) is 4.74 Å². The summed E-state index contributed by atoms with van der Waals surface area (Å²) in [4.78, 5) is 9.03. The molecule has 1 heterocycles. The molecule has 0 radical (unpaired) electrons.